The van der Waals surface area contributed by atoms with Crippen molar-refractivity contribution in [3.63, 3.8) is 0 Å². The van der Waals surface area contributed by atoms with E-state index in [1.54, 1.807) is 0 Å². The van der Waals surface area contributed by atoms with Crippen LogP contribution in [0.15, 0.2) is 24.3 Å². The molecule has 0 heterocycles. The minimum atomic E-state index is -0.663. The predicted octanol–water partition coefficient (Wildman–Crippen LogP) is 20.6. The molecule has 0 bridgehead atoms. The van der Waals surface area contributed by atoms with Crippen LogP contribution in [0.3, 0.4) is 0 Å². The average Bonchev–Trinajstić information content (AvgIpc) is 3.38. The molecule has 2 atom stereocenters. The van der Waals surface area contributed by atoms with E-state index in [1.165, 1.54) is 283 Å². The molecule has 426 valence electrons. The number of rotatable bonds is 61. The number of esters is 1. The van der Waals surface area contributed by atoms with Gasteiger partial charge in [0.1, 0.15) is 0 Å². The van der Waals surface area contributed by atoms with Gasteiger partial charge in [0.2, 0.25) is 5.91 Å². The van der Waals surface area contributed by atoms with Gasteiger partial charge in [0.25, 0.3) is 0 Å². The number of unbranched alkanes of at least 4 members (excludes halogenated alkanes) is 46. The summed E-state index contributed by atoms with van der Waals surface area (Å²) >= 11 is 0. The highest BCUT2D eigenvalue weighted by molar-refractivity contribution is 5.76. The molecule has 0 saturated heterocycles. The first-order chi connectivity index (χ1) is 35.5. The monoisotopic (exact) mass is 1010 g/mol. The number of aliphatic hydroxyl groups excluding tert-OH is 2. The average molecular weight is 1010 g/mol. The minimum absolute atomic E-state index is 0.0146. The molecular weight excluding hydrogens is 887 g/mol. The van der Waals surface area contributed by atoms with Crippen LogP contribution in [0, 0.1) is 0 Å². The summed E-state index contributed by atoms with van der Waals surface area (Å²) in [7, 11) is 0. The van der Waals surface area contributed by atoms with Gasteiger partial charge in [-0.2, -0.15) is 0 Å². The Morgan fingerprint density at radius 1 is 0.389 bits per heavy atom. The molecule has 0 aromatic heterocycles. The Morgan fingerprint density at radius 3 is 1.06 bits per heavy atom. The second-order valence-electron chi connectivity index (χ2n) is 22.5. The lowest BCUT2D eigenvalue weighted by Crippen LogP contribution is -2.45. The third-order valence-corrected chi connectivity index (χ3v) is 15.3. The van der Waals surface area contributed by atoms with E-state index in [-0.39, 0.29) is 18.5 Å². The van der Waals surface area contributed by atoms with Crippen LogP contribution in [-0.4, -0.2) is 47.4 Å². The zero-order valence-electron chi connectivity index (χ0n) is 48.7. The van der Waals surface area contributed by atoms with Gasteiger partial charge in [-0.05, 0) is 57.8 Å². The highest BCUT2D eigenvalue weighted by Gasteiger charge is 2.20. The van der Waals surface area contributed by atoms with Gasteiger partial charge in [-0.3, -0.25) is 9.59 Å². The molecule has 0 aliphatic carbocycles. The first-order valence-electron chi connectivity index (χ1n) is 32.6. The number of hydrogen-bond acceptors (Lipinski definition) is 5. The molecule has 2 unspecified atom stereocenters. The summed E-state index contributed by atoms with van der Waals surface area (Å²) in [6, 6.07) is -0.541. The van der Waals surface area contributed by atoms with Crippen molar-refractivity contribution < 1.29 is 24.5 Å². The van der Waals surface area contributed by atoms with Gasteiger partial charge in [-0.1, -0.05) is 314 Å². The number of nitrogens with one attached hydrogen (secondary N) is 1. The molecule has 0 saturated carbocycles. The summed E-state index contributed by atoms with van der Waals surface area (Å²) < 4.78 is 5.48. The second-order valence-corrected chi connectivity index (χ2v) is 22.5. The molecule has 0 fully saturated rings. The van der Waals surface area contributed by atoms with Crippen molar-refractivity contribution in [3.8, 4) is 0 Å². The summed E-state index contributed by atoms with van der Waals surface area (Å²) in [5.74, 6) is -0.0204. The summed E-state index contributed by atoms with van der Waals surface area (Å²) in [5, 5.41) is 23.2. The van der Waals surface area contributed by atoms with E-state index in [9.17, 15) is 19.8 Å². The van der Waals surface area contributed by atoms with Crippen molar-refractivity contribution in [2.24, 2.45) is 0 Å². The lowest BCUT2D eigenvalue weighted by molar-refractivity contribution is -0.143. The van der Waals surface area contributed by atoms with Crippen LogP contribution < -0.4 is 5.32 Å². The Balaban J connectivity index is 3.38. The number of carbonyl (C=O) groups excluding carboxylic acids is 2. The molecule has 1 amide bonds. The molecule has 72 heavy (non-hydrogen) atoms. The third kappa shape index (κ3) is 57.6. The Kier molecular flexibility index (Phi) is 60.5. The number of aliphatic hydroxyl groups is 2. The van der Waals surface area contributed by atoms with Crippen molar-refractivity contribution >= 4 is 11.9 Å². The van der Waals surface area contributed by atoms with Gasteiger partial charge >= 0.3 is 5.97 Å². The molecule has 0 rings (SSSR count). The van der Waals surface area contributed by atoms with Gasteiger partial charge in [0.15, 0.2) is 0 Å². The minimum Gasteiger partial charge on any atom is -0.466 e. The Labute approximate surface area is 450 Å². The number of ether oxygens (including phenoxy) is 1. The van der Waals surface area contributed by atoms with E-state index < -0.39 is 12.1 Å². The Morgan fingerprint density at radius 2 is 0.694 bits per heavy atom. The quantitative estimate of drug-likeness (QED) is 0.0320. The van der Waals surface area contributed by atoms with Gasteiger partial charge in [-0.25, -0.2) is 0 Å². The van der Waals surface area contributed by atoms with E-state index in [1.807, 2.05) is 0 Å². The van der Waals surface area contributed by atoms with Crippen LogP contribution >= 0.6 is 0 Å². The van der Waals surface area contributed by atoms with Gasteiger partial charge in [0, 0.05) is 12.8 Å². The second kappa shape index (κ2) is 61.9. The van der Waals surface area contributed by atoms with Crippen LogP contribution in [0.25, 0.3) is 0 Å². The Bertz CT molecular complexity index is 1120. The molecular formula is C66H127NO5. The standard InChI is InChI=1S/C66H127NO5/c1-3-5-7-9-11-13-15-17-36-40-44-48-52-56-60-66(71)72-61-57-53-49-45-41-37-34-32-30-28-26-24-22-20-18-19-21-23-25-27-29-31-33-35-39-43-47-51-55-59-65(70)67-63(62-68)64(69)58-54-50-46-42-38-16-14-12-10-8-6-4-2/h18,20,24,26,63-64,68-69H,3-17,19,21-23,25,27-62H2,1-2H3,(H,67,70)/b20-18-,26-24-. The molecule has 6 heteroatoms. The van der Waals surface area contributed by atoms with Crippen LogP contribution in [-0.2, 0) is 14.3 Å². The van der Waals surface area contributed by atoms with E-state index in [0.717, 1.165) is 44.9 Å². The molecule has 0 radical (unpaired) electrons. The number of hydrogen-bond donors (Lipinski definition) is 3. The highest BCUT2D eigenvalue weighted by atomic mass is 16.5. The maximum atomic E-state index is 12.5. The molecule has 0 aliphatic heterocycles. The summed E-state index contributed by atoms with van der Waals surface area (Å²) in [4.78, 5) is 24.5. The first kappa shape index (κ1) is 70.3. The third-order valence-electron chi connectivity index (χ3n) is 15.3. The predicted molar refractivity (Wildman–Crippen MR) is 315 cm³/mol. The van der Waals surface area contributed by atoms with Gasteiger partial charge in [-0.15, -0.1) is 0 Å². The van der Waals surface area contributed by atoms with Crippen LogP contribution in [0.4, 0.5) is 0 Å². The van der Waals surface area contributed by atoms with E-state index in [0.29, 0.717) is 25.9 Å². The fourth-order valence-electron chi connectivity index (χ4n) is 10.3. The molecule has 6 nitrogen and oxygen atoms in total. The maximum Gasteiger partial charge on any atom is 0.305 e. The van der Waals surface area contributed by atoms with E-state index in [2.05, 4.69) is 43.5 Å². The van der Waals surface area contributed by atoms with Gasteiger partial charge in [0.05, 0.1) is 25.4 Å². The number of carbonyl (C=O) groups is 2. The van der Waals surface area contributed by atoms with Crippen LogP contribution in [0.1, 0.15) is 361 Å². The van der Waals surface area contributed by atoms with Crippen molar-refractivity contribution in [3.05, 3.63) is 24.3 Å². The van der Waals surface area contributed by atoms with Crippen molar-refractivity contribution in [2.75, 3.05) is 13.2 Å². The van der Waals surface area contributed by atoms with Crippen molar-refractivity contribution in [2.45, 2.75) is 373 Å². The lowest BCUT2D eigenvalue weighted by atomic mass is 10.0. The molecule has 0 aliphatic rings. The fourth-order valence-corrected chi connectivity index (χ4v) is 10.3. The summed E-state index contributed by atoms with van der Waals surface area (Å²) in [6.07, 6.45) is 76.4. The Hall–Kier alpha value is -1.66. The SMILES string of the molecule is CCCCCCCCCCCCCCCCC(=O)OCCCCCCCCCCC/C=C\C/C=C\CCCCCCCCCCCCCCCC(=O)NC(CO)C(O)CCCCCCCCCCCCCC. The summed E-state index contributed by atoms with van der Waals surface area (Å²) in [5.41, 5.74) is 0. The molecule has 0 aromatic carbocycles. The van der Waals surface area contributed by atoms with Crippen molar-refractivity contribution in [1.82, 2.24) is 5.32 Å². The largest absolute Gasteiger partial charge is 0.466 e. The number of allylic oxidation sites excluding steroid dienone is 4. The zero-order valence-corrected chi connectivity index (χ0v) is 48.7. The van der Waals surface area contributed by atoms with Crippen LogP contribution in [0.2, 0.25) is 0 Å². The lowest BCUT2D eigenvalue weighted by Gasteiger charge is -2.22. The van der Waals surface area contributed by atoms with E-state index >= 15 is 0 Å². The molecule has 0 spiro atoms. The zero-order chi connectivity index (χ0) is 52.2. The van der Waals surface area contributed by atoms with E-state index in [4.69, 9.17) is 4.74 Å². The van der Waals surface area contributed by atoms with Crippen LogP contribution in [0.5, 0.6) is 0 Å². The fraction of sp³-hybridized carbons (Fsp3) is 0.909. The first-order valence-corrected chi connectivity index (χ1v) is 32.6. The molecule has 0 aromatic rings. The summed E-state index contributed by atoms with van der Waals surface area (Å²) in [6.45, 7) is 4.97. The number of amides is 1. The topological polar surface area (TPSA) is 95.9 Å². The smallest absolute Gasteiger partial charge is 0.305 e. The highest BCUT2D eigenvalue weighted by Crippen LogP contribution is 2.18. The maximum absolute atomic E-state index is 12.5. The van der Waals surface area contributed by atoms with Gasteiger partial charge < -0.3 is 20.3 Å². The van der Waals surface area contributed by atoms with Crippen molar-refractivity contribution in [1.29, 1.82) is 0 Å². The molecule has 3 N–H and O–H groups in total. The normalized spacial score (nSPS) is 12.7.